The molecule has 1 heterocycles. The van der Waals surface area contributed by atoms with E-state index in [1.54, 1.807) is 26.2 Å². The summed E-state index contributed by atoms with van der Waals surface area (Å²) in [6.07, 6.45) is -6.68. The first-order valence-corrected chi connectivity index (χ1v) is 11.1. The lowest BCUT2D eigenvalue weighted by Gasteiger charge is -2.40. The minimum Gasteiger partial charge on any atom is -0.496 e. The standard InChI is InChI=1S/C17H26F3N3O2Si/c1-16(2,3)26(6,7)25-14(17(18,19)20)10-8-9-11-12(13(10)24-5)15(21)22-23(11)4/h8-9,14H,1-7H3,(H2,21,22)/t14-/m1/s1. The van der Waals surface area contributed by atoms with Crippen LogP contribution in [0.4, 0.5) is 19.0 Å². The Labute approximate surface area is 152 Å². The van der Waals surface area contributed by atoms with Gasteiger partial charge in [0.1, 0.15) is 5.75 Å². The Balaban J connectivity index is 2.69. The van der Waals surface area contributed by atoms with Crippen LogP contribution in [0, 0.1) is 0 Å². The van der Waals surface area contributed by atoms with Crippen molar-refractivity contribution in [3.8, 4) is 5.75 Å². The highest BCUT2D eigenvalue weighted by atomic mass is 28.4. The van der Waals surface area contributed by atoms with E-state index in [2.05, 4.69) is 5.10 Å². The van der Waals surface area contributed by atoms with Crippen molar-refractivity contribution in [1.29, 1.82) is 0 Å². The minimum atomic E-state index is -4.59. The van der Waals surface area contributed by atoms with E-state index in [4.69, 9.17) is 14.9 Å². The van der Waals surface area contributed by atoms with Crippen molar-refractivity contribution in [1.82, 2.24) is 9.78 Å². The number of ether oxygens (including phenoxy) is 1. The van der Waals surface area contributed by atoms with E-state index in [-0.39, 0.29) is 22.2 Å². The summed E-state index contributed by atoms with van der Waals surface area (Å²) in [5.41, 5.74) is 6.41. The fraction of sp³-hybridized carbons (Fsp3) is 0.588. The summed E-state index contributed by atoms with van der Waals surface area (Å²) in [7, 11) is 0.296. The second-order valence-electron chi connectivity index (χ2n) is 7.89. The molecule has 9 heteroatoms. The molecule has 0 amide bonds. The van der Waals surface area contributed by atoms with Gasteiger partial charge in [-0.25, -0.2) is 0 Å². The van der Waals surface area contributed by atoms with Crippen LogP contribution < -0.4 is 10.5 Å². The zero-order chi connectivity index (χ0) is 20.1. The Morgan fingerprint density at radius 1 is 1.19 bits per heavy atom. The van der Waals surface area contributed by atoms with Crippen LogP contribution in [0.3, 0.4) is 0 Å². The lowest BCUT2D eigenvalue weighted by atomic mass is 10.0. The van der Waals surface area contributed by atoms with Gasteiger partial charge < -0.3 is 14.9 Å². The third kappa shape index (κ3) is 3.55. The number of benzene rings is 1. The quantitative estimate of drug-likeness (QED) is 0.764. The highest BCUT2D eigenvalue weighted by Gasteiger charge is 2.49. The summed E-state index contributed by atoms with van der Waals surface area (Å²) in [6.45, 7) is 9.26. The van der Waals surface area contributed by atoms with Gasteiger partial charge in [-0.2, -0.15) is 18.3 Å². The molecule has 0 aliphatic rings. The van der Waals surface area contributed by atoms with Crippen molar-refractivity contribution in [2.75, 3.05) is 12.8 Å². The van der Waals surface area contributed by atoms with Crippen LogP contribution >= 0.6 is 0 Å². The van der Waals surface area contributed by atoms with Crippen molar-refractivity contribution < 1.29 is 22.3 Å². The van der Waals surface area contributed by atoms with Crippen molar-refractivity contribution >= 4 is 25.0 Å². The lowest BCUT2D eigenvalue weighted by molar-refractivity contribution is -0.201. The number of nitrogens with zero attached hydrogens (tertiary/aromatic N) is 2. The molecule has 1 aromatic carbocycles. The Morgan fingerprint density at radius 3 is 2.23 bits per heavy atom. The molecule has 2 aromatic rings. The number of anilines is 1. The van der Waals surface area contributed by atoms with Crippen LogP contribution in [0.25, 0.3) is 10.9 Å². The SMILES string of the molecule is COc1c([C@@H](O[Si](C)(C)C(C)(C)C)C(F)(F)F)ccc2c1c(N)nn2C. The second kappa shape index (κ2) is 6.45. The van der Waals surface area contributed by atoms with Crippen LogP contribution in [0.2, 0.25) is 18.1 Å². The fourth-order valence-electron chi connectivity index (χ4n) is 2.58. The van der Waals surface area contributed by atoms with E-state index in [1.807, 2.05) is 20.8 Å². The molecule has 1 atom stereocenters. The number of halogens is 3. The van der Waals surface area contributed by atoms with E-state index in [0.29, 0.717) is 10.9 Å². The largest absolute Gasteiger partial charge is 0.496 e. The number of methoxy groups -OCH3 is 1. The van der Waals surface area contributed by atoms with Gasteiger partial charge >= 0.3 is 6.18 Å². The first kappa shape index (κ1) is 20.6. The third-order valence-corrected chi connectivity index (χ3v) is 9.47. The molecule has 0 radical (unpaired) electrons. The predicted molar refractivity (Wildman–Crippen MR) is 98.8 cm³/mol. The molecule has 2 rings (SSSR count). The van der Waals surface area contributed by atoms with Crippen LogP contribution in [0.15, 0.2) is 12.1 Å². The summed E-state index contributed by atoms with van der Waals surface area (Å²) in [4.78, 5) is 0. The van der Waals surface area contributed by atoms with E-state index in [9.17, 15) is 13.2 Å². The summed E-state index contributed by atoms with van der Waals surface area (Å²) in [5.74, 6) is 0.170. The maximum atomic E-state index is 13.9. The van der Waals surface area contributed by atoms with E-state index >= 15 is 0 Å². The predicted octanol–water partition coefficient (Wildman–Crippen LogP) is 4.79. The molecule has 0 saturated carbocycles. The van der Waals surface area contributed by atoms with E-state index in [1.165, 1.54) is 17.9 Å². The molecule has 0 unspecified atom stereocenters. The molecular weight excluding hydrogens is 363 g/mol. The van der Waals surface area contributed by atoms with Crippen LogP contribution in [-0.4, -0.2) is 31.4 Å². The molecule has 1 aromatic heterocycles. The summed E-state index contributed by atoms with van der Waals surface area (Å²) in [6, 6.07) is 2.94. The molecule has 0 fully saturated rings. The van der Waals surface area contributed by atoms with Crippen LogP contribution in [0.1, 0.15) is 32.4 Å². The first-order valence-electron chi connectivity index (χ1n) is 8.24. The van der Waals surface area contributed by atoms with Crippen LogP contribution in [-0.2, 0) is 11.5 Å². The Bertz CT molecular complexity index is 810. The number of nitrogens with two attached hydrogens (primary N) is 1. The molecule has 0 aliphatic heterocycles. The van der Waals surface area contributed by atoms with Crippen molar-refractivity contribution in [3.05, 3.63) is 17.7 Å². The smallest absolute Gasteiger partial charge is 0.417 e. The third-order valence-electron chi connectivity index (χ3n) is 5.03. The van der Waals surface area contributed by atoms with E-state index in [0.717, 1.165) is 0 Å². The highest BCUT2D eigenvalue weighted by Crippen LogP contribution is 2.48. The number of fused-ring (bicyclic) bond motifs is 1. The Hall–Kier alpha value is -1.74. The maximum absolute atomic E-state index is 13.9. The van der Waals surface area contributed by atoms with Crippen molar-refractivity contribution in [2.45, 2.75) is 51.2 Å². The summed E-state index contributed by atoms with van der Waals surface area (Å²) >= 11 is 0. The zero-order valence-electron chi connectivity index (χ0n) is 16.2. The normalized spacial score (nSPS) is 14.7. The zero-order valence-corrected chi connectivity index (χ0v) is 17.2. The van der Waals surface area contributed by atoms with Gasteiger partial charge in [0, 0.05) is 12.6 Å². The number of alkyl halides is 3. The highest BCUT2D eigenvalue weighted by molar-refractivity contribution is 6.74. The molecule has 0 bridgehead atoms. The number of nitrogen functional groups attached to an aromatic ring is 1. The lowest BCUT2D eigenvalue weighted by Crippen LogP contribution is -2.44. The molecule has 146 valence electrons. The van der Waals surface area contributed by atoms with E-state index < -0.39 is 20.6 Å². The molecule has 2 N–H and O–H groups in total. The second-order valence-corrected chi connectivity index (χ2v) is 12.6. The molecular formula is C17H26F3N3O2Si. The van der Waals surface area contributed by atoms with Gasteiger partial charge in [0.2, 0.25) is 0 Å². The number of aryl methyl sites for hydroxylation is 1. The maximum Gasteiger partial charge on any atom is 0.417 e. The van der Waals surface area contributed by atoms with Gasteiger partial charge in [0.25, 0.3) is 0 Å². The van der Waals surface area contributed by atoms with Crippen molar-refractivity contribution in [3.63, 3.8) is 0 Å². The minimum absolute atomic E-state index is 0.0501. The number of hydrogen-bond acceptors (Lipinski definition) is 4. The number of hydrogen-bond donors (Lipinski definition) is 1. The number of aromatic nitrogens is 2. The summed E-state index contributed by atoms with van der Waals surface area (Å²) in [5, 5.41) is 4.06. The molecule has 0 spiro atoms. The van der Waals surface area contributed by atoms with Gasteiger partial charge in [-0.1, -0.05) is 26.8 Å². The van der Waals surface area contributed by atoms with Crippen LogP contribution in [0.5, 0.6) is 5.75 Å². The topological polar surface area (TPSA) is 62.3 Å². The van der Waals surface area contributed by atoms with Gasteiger partial charge in [-0.3, -0.25) is 4.68 Å². The average Bonchev–Trinajstić information content (AvgIpc) is 2.76. The Morgan fingerprint density at radius 2 is 1.77 bits per heavy atom. The molecule has 5 nitrogen and oxygen atoms in total. The first-order chi connectivity index (χ1) is 11.7. The fourth-order valence-corrected chi connectivity index (χ4v) is 3.78. The van der Waals surface area contributed by atoms with Gasteiger partial charge in [0.15, 0.2) is 20.2 Å². The molecule has 0 aliphatic carbocycles. The molecule has 0 saturated heterocycles. The average molecular weight is 389 g/mol. The monoisotopic (exact) mass is 389 g/mol. The van der Waals surface area contributed by atoms with Gasteiger partial charge in [-0.05, 0) is 24.2 Å². The number of rotatable bonds is 4. The Kier molecular flexibility index (Phi) is 5.10. The van der Waals surface area contributed by atoms with Gasteiger partial charge in [0.05, 0.1) is 18.0 Å². The molecule has 26 heavy (non-hydrogen) atoms. The summed E-state index contributed by atoms with van der Waals surface area (Å²) < 4.78 is 54.4. The van der Waals surface area contributed by atoms with Crippen molar-refractivity contribution in [2.24, 2.45) is 7.05 Å². The van der Waals surface area contributed by atoms with Gasteiger partial charge in [-0.15, -0.1) is 0 Å².